The average molecular weight is 247 g/mol. The lowest BCUT2D eigenvalue weighted by atomic mass is 10.1. The van der Waals surface area contributed by atoms with Crippen LogP contribution in [0, 0.1) is 0 Å². The van der Waals surface area contributed by atoms with Crippen molar-refractivity contribution in [1.82, 2.24) is 5.32 Å². The minimum absolute atomic E-state index is 0.391. The first-order valence-corrected chi connectivity index (χ1v) is 7.45. The second-order valence-corrected chi connectivity index (χ2v) is 5.33. The van der Waals surface area contributed by atoms with Gasteiger partial charge in [-0.25, -0.2) is 0 Å². The zero-order valence-electron chi connectivity index (χ0n) is 10.5. The summed E-state index contributed by atoms with van der Waals surface area (Å²) in [6.45, 7) is 5.05. The molecule has 0 saturated carbocycles. The summed E-state index contributed by atoms with van der Waals surface area (Å²) < 4.78 is 11.0. The first kappa shape index (κ1) is 14.3. The zero-order valence-corrected chi connectivity index (χ0v) is 11.4. The summed E-state index contributed by atoms with van der Waals surface area (Å²) in [5, 5.41) is 3.60. The number of methoxy groups -OCH3 is 1. The van der Waals surface area contributed by atoms with Gasteiger partial charge in [0.25, 0.3) is 0 Å². The van der Waals surface area contributed by atoms with Crippen molar-refractivity contribution >= 4 is 11.8 Å². The van der Waals surface area contributed by atoms with Gasteiger partial charge in [-0.3, -0.25) is 0 Å². The second kappa shape index (κ2) is 9.28. The molecular weight excluding hydrogens is 222 g/mol. The Morgan fingerprint density at radius 2 is 2.44 bits per heavy atom. The van der Waals surface area contributed by atoms with Crippen molar-refractivity contribution < 1.29 is 9.47 Å². The molecule has 1 aliphatic rings. The Labute approximate surface area is 104 Å². The Balaban J connectivity index is 2.28. The van der Waals surface area contributed by atoms with Gasteiger partial charge in [0, 0.05) is 31.3 Å². The molecule has 96 valence electrons. The number of thioether (sulfide) groups is 1. The van der Waals surface area contributed by atoms with Crippen LogP contribution in [0.3, 0.4) is 0 Å². The Kier molecular flexibility index (Phi) is 8.29. The molecule has 0 aromatic carbocycles. The van der Waals surface area contributed by atoms with Crippen molar-refractivity contribution in [1.29, 1.82) is 0 Å². The lowest BCUT2D eigenvalue weighted by Gasteiger charge is -2.31. The highest BCUT2D eigenvalue weighted by molar-refractivity contribution is 7.99. The van der Waals surface area contributed by atoms with Crippen LogP contribution in [0.2, 0.25) is 0 Å². The van der Waals surface area contributed by atoms with Gasteiger partial charge in [0.1, 0.15) is 0 Å². The van der Waals surface area contributed by atoms with Crippen molar-refractivity contribution in [3.05, 3.63) is 0 Å². The highest BCUT2D eigenvalue weighted by atomic mass is 32.2. The lowest BCUT2D eigenvalue weighted by molar-refractivity contribution is 0.0421. The number of hydrogen-bond acceptors (Lipinski definition) is 4. The number of hydrogen-bond donors (Lipinski definition) is 1. The van der Waals surface area contributed by atoms with Crippen molar-refractivity contribution in [2.75, 3.05) is 38.4 Å². The Bertz CT molecular complexity index is 163. The van der Waals surface area contributed by atoms with Gasteiger partial charge in [-0.2, -0.15) is 11.8 Å². The van der Waals surface area contributed by atoms with E-state index in [1.54, 1.807) is 7.11 Å². The molecule has 1 aliphatic heterocycles. The molecule has 0 aromatic heterocycles. The van der Waals surface area contributed by atoms with Gasteiger partial charge in [0.05, 0.1) is 12.7 Å². The maximum absolute atomic E-state index is 5.84. The quantitative estimate of drug-likeness (QED) is 0.664. The Morgan fingerprint density at radius 3 is 3.06 bits per heavy atom. The molecule has 1 fully saturated rings. The molecule has 0 radical (unpaired) electrons. The molecule has 0 spiro atoms. The molecule has 0 amide bonds. The van der Waals surface area contributed by atoms with Crippen molar-refractivity contribution in [3.63, 3.8) is 0 Å². The fourth-order valence-corrected chi connectivity index (χ4v) is 2.88. The largest absolute Gasteiger partial charge is 0.385 e. The van der Waals surface area contributed by atoms with Gasteiger partial charge in [0.2, 0.25) is 0 Å². The van der Waals surface area contributed by atoms with Crippen LogP contribution in [-0.4, -0.2) is 50.5 Å². The molecular formula is C12H25NO2S. The minimum atomic E-state index is 0.391. The summed E-state index contributed by atoms with van der Waals surface area (Å²) in [6, 6.07) is 0.503. The molecule has 0 aromatic rings. The first-order valence-electron chi connectivity index (χ1n) is 6.30. The summed E-state index contributed by atoms with van der Waals surface area (Å²) in [5.41, 5.74) is 0. The standard InChI is InChI=1S/C12H25NO2S/c1-3-6-13-11(5-4-7-14-2)12-10-16-9-8-15-12/h11-13H,3-10H2,1-2H3. The molecule has 1 heterocycles. The Hall–Kier alpha value is 0.230. The maximum Gasteiger partial charge on any atom is 0.0818 e. The smallest absolute Gasteiger partial charge is 0.0818 e. The fourth-order valence-electron chi connectivity index (χ4n) is 1.94. The van der Waals surface area contributed by atoms with Gasteiger partial charge in [-0.15, -0.1) is 0 Å². The van der Waals surface area contributed by atoms with Crippen LogP contribution in [0.1, 0.15) is 26.2 Å². The Morgan fingerprint density at radius 1 is 1.56 bits per heavy atom. The third-order valence-electron chi connectivity index (χ3n) is 2.81. The minimum Gasteiger partial charge on any atom is -0.385 e. The molecule has 2 unspecified atom stereocenters. The van der Waals surface area contributed by atoms with E-state index in [0.717, 1.165) is 44.1 Å². The van der Waals surface area contributed by atoms with Gasteiger partial charge in [-0.05, 0) is 25.8 Å². The third kappa shape index (κ3) is 5.53. The van der Waals surface area contributed by atoms with Crippen molar-refractivity contribution in [3.8, 4) is 0 Å². The number of nitrogens with one attached hydrogen (secondary N) is 1. The van der Waals surface area contributed by atoms with E-state index >= 15 is 0 Å². The lowest BCUT2D eigenvalue weighted by Crippen LogP contribution is -2.45. The van der Waals surface area contributed by atoms with E-state index in [2.05, 4.69) is 12.2 Å². The van der Waals surface area contributed by atoms with E-state index in [9.17, 15) is 0 Å². The molecule has 0 bridgehead atoms. The van der Waals surface area contributed by atoms with E-state index in [1.807, 2.05) is 11.8 Å². The molecule has 4 heteroatoms. The predicted octanol–water partition coefficient (Wildman–Crippen LogP) is 1.91. The summed E-state index contributed by atoms with van der Waals surface area (Å²) in [4.78, 5) is 0. The average Bonchev–Trinajstić information content (AvgIpc) is 2.35. The van der Waals surface area contributed by atoms with E-state index in [0.29, 0.717) is 12.1 Å². The van der Waals surface area contributed by atoms with Crippen molar-refractivity contribution in [2.45, 2.75) is 38.3 Å². The van der Waals surface area contributed by atoms with Crippen LogP contribution in [0.5, 0.6) is 0 Å². The number of rotatable bonds is 8. The fraction of sp³-hybridized carbons (Fsp3) is 1.00. The van der Waals surface area contributed by atoms with Gasteiger partial charge in [-0.1, -0.05) is 6.92 Å². The molecule has 0 aliphatic carbocycles. The van der Waals surface area contributed by atoms with E-state index in [4.69, 9.17) is 9.47 Å². The molecule has 1 rings (SSSR count). The molecule has 16 heavy (non-hydrogen) atoms. The highest BCUT2D eigenvalue weighted by Crippen LogP contribution is 2.18. The van der Waals surface area contributed by atoms with Crippen LogP contribution in [0.4, 0.5) is 0 Å². The third-order valence-corrected chi connectivity index (χ3v) is 3.83. The molecule has 2 atom stereocenters. The zero-order chi connectivity index (χ0) is 11.6. The van der Waals surface area contributed by atoms with E-state index in [-0.39, 0.29) is 0 Å². The maximum atomic E-state index is 5.84. The highest BCUT2D eigenvalue weighted by Gasteiger charge is 2.23. The monoisotopic (exact) mass is 247 g/mol. The van der Waals surface area contributed by atoms with Crippen LogP contribution in [0.25, 0.3) is 0 Å². The summed E-state index contributed by atoms with van der Waals surface area (Å²) >= 11 is 2.01. The molecule has 1 saturated heterocycles. The first-order chi connectivity index (χ1) is 7.88. The summed E-state index contributed by atoms with van der Waals surface area (Å²) in [5.74, 6) is 2.28. The van der Waals surface area contributed by atoms with Crippen LogP contribution < -0.4 is 5.32 Å². The van der Waals surface area contributed by atoms with Crippen LogP contribution >= 0.6 is 11.8 Å². The topological polar surface area (TPSA) is 30.5 Å². The summed E-state index contributed by atoms with van der Waals surface area (Å²) in [7, 11) is 1.77. The number of ether oxygens (including phenoxy) is 2. The second-order valence-electron chi connectivity index (χ2n) is 4.18. The normalized spacial score (nSPS) is 23.2. The SMILES string of the molecule is CCCNC(CCCOC)C1CSCCO1. The van der Waals surface area contributed by atoms with Gasteiger partial charge < -0.3 is 14.8 Å². The predicted molar refractivity (Wildman–Crippen MR) is 70.3 cm³/mol. The molecule has 1 N–H and O–H groups in total. The van der Waals surface area contributed by atoms with Crippen LogP contribution in [0.15, 0.2) is 0 Å². The van der Waals surface area contributed by atoms with E-state index in [1.165, 1.54) is 6.42 Å². The van der Waals surface area contributed by atoms with E-state index < -0.39 is 0 Å². The summed E-state index contributed by atoms with van der Waals surface area (Å²) in [6.07, 6.45) is 3.84. The van der Waals surface area contributed by atoms with Crippen molar-refractivity contribution in [2.24, 2.45) is 0 Å². The van der Waals surface area contributed by atoms with Gasteiger partial charge in [0.15, 0.2) is 0 Å². The van der Waals surface area contributed by atoms with Crippen LogP contribution in [-0.2, 0) is 9.47 Å². The molecule has 3 nitrogen and oxygen atoms in total. The van der Waals surface area contributed by atoms with Gasteiger partial charge >= 0.3 is 0 Å².